The van der Waals surface area contributed by atoms with E-state index in [1.807, 2.05) is 0 Å². The van der Waals surface area contributed by atoms with Crippen molar-refractivity contribution in [3.8, 4) is 0 Å². The topological polar surface area (TPSA) is 66.4 Å². The number of carboxylic acid groups (broad SMARTS) is 1. The summed E-state index contributed by atoms with van der Waals surface area (Å²) < 4.78 is 5.56. The van der Waals surface area contributed by atoms with E-state index in [2.05, 4.69) is 26.8 Å². The summed E-state index contributed by atoms with van der Waals surface area (Å²) in [4.78, 5) is 22.4. The second-order valence-electron chi connectivity index (χ2n) is 11.3. The summed E-state index contributed by atoms with van der Waals surface area (Å²) in [5.41, 5.74) is 2.16. The summed E-state index contributed by atoms with van der Waals surface area (Å²) in [6.45, 7) is 8.78. The SMILES string of the molecule is CC(=O)O[C@H]1CC[C@@]2(C)C(=CC[C@H]3[C@H]4CC[C@@H]([C@H](C)CCC(=O)[O-])[C@@]4(C)CC[C@H]32)C1. The lowest BCUT2D eigenvalue weighted by atomic mass is 9.47. The molecular weight excluding hydrogens is 376 g/mol. The molecule has 4 heteroatoms. The van der Waals surface area contributed by atoms with Crippen molar-refractivity contribution in [2.24, 2.45) is 40.4 Å². The molecule has 4 rings (SSSR count). The molecule has 4 nitrogen and oxygen atoms in total. The Morgan fingerprint density at radius 2 is 1.93 bits per heavy atom. The minimum Gasteiger partial charge on any atom is -0.550 e. The fourth-order valence-corrected chi connectivity index (χ4v) is 8.48. The molecule has 0 bridgehead atoms. The number of esters is 1. The van der Waals surface area contributed by atoms with Gasteiger partial charge in [-0.15, -0.1) is 0 Å². The Labute approximate surface area is 181 Å². The van der Waals surface area contributed by atoms with E-state index in [-0.39, 0.29) is 23.9 Å². The molecular formula is C26H39O4-. The molecule has 4 aliphatic carbocycles. The van der Waals surface area contributed by atoms with Crippen LogP contribution in [0, 0.1) is 40.4 Å². The van der Waals surface area contributed by atoms with E-state index < -0.39 is 5.97 Å². The summed E-state index contributed by atoms with van der Waals surface area (Å²) in [6, 6.07) is 0. The largest absolute Gasteiger partial charge is 0.550 e. The molecule has 0 radical (unpaired) electrons. The summed E-state index contributed by atoms with van der Waals surface area (Å²) >= 11 is 0. The predicted octanol–water partition coefficient (Wildman–Crippen LogP) is 4.66. The minimum absolute atomic E-state index is 0.0627. The van der Waals surface area contributed by atoms with Crippen molar-refractivity contribution in [3.05, 3.63) is 11.6 Å². The molecule has 3 saturated carbocycles. The summed E-state index contributed by atoms with van der Waals surface area (Å²) in [5.74, 6) is 2.28. The van der Waals surface area contributed by atoms with Gasteiger partial charge in [-0.25, -0.2) is 0 Å². The van der Waals surface area contributed by atoms with E-state index in [9.17, 15) is 14.7 Å². The number of fused-ring (bicyclic) bond motifs is 5. The Kier molecular flexibility index (Phi) is 5.83. The van der Waals surface area contributed by atoms with Gasteiger partial charge in [-0.3, -0.25) is 4.79 Å². The maximum Gasteiger partial charge on any atom is 0.302 e. The first-order valence-electron chi connectivity index (χ1n) is 12.2. The highest BCUT2D eigenvalue weighted by molar-refractivity contribution is 5.66. The predicted molar refractivity (Wildman–Crippen MR) is 114 cm³/mol. The summed E-state index contributed by atoms with van der Waals surface area (Å²) in [6.07, 6.45) is 12.8. The third kappa shape index (κ3) is 3.62. The molecule has 0 unspecified atom stereocenters. The van der Waals surface area contributed by atoms with Gasteiger partial charge in [-0.1, -0.05) is 32.4 Å². The van der Waals surface area contributed by atoms with Crippen LogP contribution in [0.3, 0.4) is 0 Å². The van der Waals surface area contributed by atoms with Crippen molar-refractivity contribution in [2.75, 3.05) is 0 Å². The van der Waals surface area contributed by atoms with E-state index in [4.69, 9.17) is 4.74 Å². The first kappa shape index (κ1) is 21.9. The molecule has 3 fully saturated rings. The van der Waals surface area contributed by atoms with Crippen LogP contribution in [0.4, 0.5) is 0 Å². The van der Waals surface area contributed by atoms with Crippen molar-refractivity contribution >= 4 is 11.9 Å². The van der Waals surface area contributed by atoms with Gasteiger partial charge in [0, 0.05) is 19.3 Å². The van der Waals surface area contributed by atoms with Crippen molar-refractivity contribution in [3.63, 3.8) is 0 Å². The van der Waals surface area contributed by atoms with Crippen LogP contribution < -0.4 is 5.11 Å². The lowest BCUT2D eigenvalue weighted by Crippen LogP contribution is -2.51. The van der Waals surface area contributed by atoms with Gasteiger partial charge in [0.15, 0.2) is 0 Å². The second-order valence-corrected chi connectivity index (χ2v) is 11.3. The zero-order valence-electron chi connectivity index (χ0n) is 19.2. The van der Waals surface area contributed by atoms with Crippen LogP contribution >= 0.6 is 0 Å². The first-order valence-corrected chi connectivity index (χ1v) is 12.2. The molecule has 0 aromatic carbocycles. The second kappa shape index (κ2) is 7.98. The van der Waals surface area contributed by atoms with E-state index in [1.165, 1.54) is 39.0 Å². The molecule has 0 N–H and O–H groups in total. The number of carboxylic acids is 1. The fraction of sp³-hybridized carbons (Fsp3) is 0.846. The van der Waals surface area contributed by atoms with Crippen LogP contribution in [0.1, 0.15) is 91.9 Å². The molecule has 30 heavy (non-hydrogen) atoms. The summed E-state index contributed by atoms with van der Waals surface area (Å²) in [5, 5.41) is 11.0. The number of carbonyl (C=O) groups excluding carboxylic acids is 2. The van der Waals surface area contributed by atoms with Crippen molar-refractivity contribution in [1.82, 2.24) is 0 Å². The molecule has 4 aliphatic rings. The van der Waals surface area contributed by atoms with E-state index >= 15 is 0 Å². The van der Waals surface area contributed by atoms with Crippen LogP contribution in [0.25, 0.3) is 0 Å². The number of hydrogen-bond donors (Lipinski definition) is 0. The van der Waals surface area contributed by atoms with Crippen molar-refractivity contribution in [2.45, 2.75) is 98.0 Å². The average Bonchev–Trinajstić information content (AvgIpc) is 3.03. The van der Waals surface area contributed by atoms with Crippen LogP contribution in [-0.4, -0.2) is 18.0 Å². The lowest BCUT2D eigenvalue weighted by molar-refractivity contribution is -0.306. The highest BCUT2D eigenvalue weighted by Gasteiger charge is 2.59. The van der Waals surface area contributed by atoms with Gasteiger partial charge in [0.1, 0.15) is 6.10 Å². The Morgan fingerprint density at radius 3 is 2.63 bits per heavy atom. The normalized spacial score (nSPS) is 43.6. The molecule has 0 aromatic rings. The number of allylic oxidation sites excluding steroid dienone is 1. The molecule has 168 valence electrons. The Balaban J connectivity index is 1.51. The zero-order valence-corrected chi connectivity index (χ0v) is 19.2. The number of carbonyl (C=O) groups is 2. The van der Waals surface area contributed by atoms with Crippen LogP contribution in [0.2, 0.25) is 0 Å². The third-order valence-corrected chi connectivity index (χ3v) is 9.96. The molecule has 0 amide bonds. The molecule has 0 aliphatic heterocycles. The molecule has 0 spiro atoms. The van der Waals surface area contributed by atoms with Gasteiger partial charge in [0.25, 0.3) is 0 Å². The molecule has 0 heterocycles. The monoisotopic (exact) mass is 415 g/mol. The first-order chi connectivity index (χ1) is 14.1. The van der Waals surface area contributed by atoms with Crippen molar-refractivity contribution < 1.29 is 19.4 Å². The molecule has 8 atom stereocenters. The standard InChI is InChI=1S/C26H40O4/c1-16(5-10-24(28)29)21-8-9-22-20-7-6-18-15-19(30-17(2)27)11-13-25(18,3)23(20)12-14-26(21,22)4/h6,16,19-23H,5,7-15H2,1-4H3,(H,28,29)/p-1/t16-,19+,20+,21+,22-,23-,25+,26-/m1/s1. The highest BCUT2D eigenvalue weighted by atomic mass is 16.5. The van der Waals surface area contributed by atoms with Gasteiger partial charge >= 0.3 is 5.97 Å². The number of hydrogen-bond acceptors (Lipinski definition) is 4. The van der Waals surface area contributed by atoms with Gasteiger partial charge in [0.2, 0.25) is 0 Å². The van der Waals surface area contributed by atoms with Gasteiger partial charge in [-0.2, -0.15) is 0 Å². The van der Waals surface area contributed by atoms with E-state index in [0.717, 1.165) is 43.4 Å². The van der Waals surface area contributed by atoms with Gasteiger partial charge in [0.05, 0.1) is 0 Å². The fourth-order valence-electron chi connectivity index (χ4n) is 8.48. The van der Waals surface area contributed by atoms with E-state index in [0.29, 0.717) is 17.3 Å². The number of aliphatic carboxylic acids is 1. The number of ether oxygens (including phenoxy) is 1. The van der Waals surface area contributed by atoms with Crippen LogP contribution in [0.15, 0.2) is 11.6 Å². The smallest absolute Gasteiger partial charge is 0.302 e. The molecule has 0 aromatic heterocycles. The zero-order chi connectivity index (χ0) is 21.7. The summed E-state index contributed by atoms with van der Waals surface area (Å²) in [7, 11) is 0. The van der Waals surface area contributed by atoms with Gasteiger partial charge in [-0.05, 0) is 98.2 Å². The Hall–Kier alpha value is -1.32. The maximum atomic E-state index is 11.4. The highest BCUT2D eigenvalue weighted by Crippen LogP contribution is 2.67. The Bertz CT molecular complexity index is 727. The van der Waals surface area contributed by atoms with Crippen LogP contribution in [-0.2, 0) is 14.3 Å². The van der Waals surface area contributed by atoms with E-state index in [1.54, 1.807) is 5.57 Å². The maximum absolute atomic E-state index is 11.4. The van der Waals surface area contributed by atoms with Crippen LogP contribution in [0.5, 0.6) is 0 Å². The Morgan fingerprint density at radius 1 is 1.17 bits per heavy atom. The lowest BCUT2D eigenvalue weighted by Gasteiger charge is -2.58. The third-order valence-electron chi connectivity index (χ3n) is 9.96. The quantitative estimate of drug-likeness (QED) is 0.484. The average molecular weight is 416 g/mol. The van der Waals surface area contributed by atoms with Crippen molar-refractivity contribution in [1.29, 1.82) is 0 Å². The number of rotatable bonds is 5. The molecule has 0 saturated heterocycles. The minimum atomic E-state index is -0.910. The van der Waals surface area contributed by atoms with Gasteiger partial charge < -0.3 is 14.6 Å².